The molecule has 84 valence electrons. The van der Waals surface area contributed by atoms with Crippen LogP contribution in [-0.2, 0) is 0 Å². The molecule has 0 saturated carbocycles. The van der Waals surface area contributed by atoms with Crippen LogP contribution in [0.15, 0.2) is 18.2 Å². The quantitative estimate of drug-likeness (QED) is 0.739. The molecule has 0 amide bonds. The van der Waals surface area contributed by atoms with Gasteiger partial charge in [0.25, 0.3) is 0 Å². The molecule has 0 aliphatic carbocycles. The third kappa shape index (κ3) is 4.57. The van der Waals surface area contributed by atoms with Gasteiger partial charge in [0.1, 0.15) is 5.75 Å². The van der Waals surface area contributed by atoms with Gasteiger partial charge in [0.05, 0.1) is 6.61 Å². The molecule has 2 heteroatoms. The zero-order valence-corrected chi connectivity index (χ0v) is 10.7. The normalized spacial score (nSPS) is 11.5. The maximum atomic E-state index is 5.91. The summed E-state index contributed by atoms with van der Waals surface area (Å²) < 4.78 is 5.71. The second-order valence-corrected chi connectivity index (χ2v) is 5.51. The molecule has 1 aromatic carbocycles. The van der Waals surface area contributed by atoms with E-state index in [1.807, 2.05) is 25.1 Å². The summed E-state index contributed by atoms with van der Waals surface area (Å²) in [7, 11) is 0. The van der Waals surface area contributed by atoms with Gasteiger partial charge in [-0.3, -0.25) is 0 Å². The van der Waals surface area contributed by atoms with Crippen LogP contribution < -0.4 is 4.74 Å². The second-order valence-electron chi connectivity index (χ2n) is 5.07. The zero-order valence-electron chi connectivity index (χ0n) is 9.93. The van der Waals surface area contributed by atoms with Gasteiger partial charge in [0.15, 0.2) is 0 Å². The largest absolute Gasteiger partial charge is 0.493 e. The van der Waals surface area contributed by atoms with Crippen LogP contribution in [-0.4, -0.2) is 6.61 Å². The zero-order chi connectivity index (χ0) is 11.5. The van der Waals surface area contributed by atoms with E-state index in [0.29, 0.717) is 5.41 Å². The predicted octanol–water partition coefficient (Wildman–Crippen LogP) is 4.46. The van der Waals surface area contributed by atoms with Crippen LogP contribution in [0.5, 0.6) is 5.75 Å². The molecule has 0 aliphatic rings. The monoisotopic (exact) mass is 226 g/mol. The molecule has 0 N–H and O–H groups in total. The average molecular weight is 227 g/mol. The summed E-state index contributed by atoms with van der Waals surface area (Å²) in [5, 5.41) is 0.728. The van der Waals surface area contributed by atoms with Crippen molar-refractivity contribution in [2.45, 2.75) is 34.1 Å². The molecule has 0 aromatic heterocycles. The number of hydrogen-bond donors (Lipinski definition) is 0. The lowest BCUT2D eigenvalue weighted by Gasteiger charge is -2.18. The van der Waals surface area contributed by atoms with Gasteiger partial charge in [0, 0.05) is 5.02 Å². The van der Waals surface area contributed by atoms with Crippen molar-refractivity contribution in [2.75, 3.05) is 6.61 Å². The molecular weight excluding hydrogens is 208 g/mol. The molecular formula is C13H19ClO. The number of aryl methyl sites for hydroxylation is 1. The maximum absolute atomic E-state index is 5.91. The third-order valence-electron chi connectivity index (χ3n) is 2.26. The first-order valence-corrected chi connectivity index (χ1v) is 5.65. The molecule has 1 rings (SSSR count). The molecule has 0 fully saturated rings. The SMILES string of the molecule is Cc1ccc(Cl)cc1OCCC(C)(C)C. The minimum atomic E-state index is 0.312. The van der Waals surface area contributed by atoms with Gasteiger partial charge in [-0.05, 0) is 36.5 Å². The van der Waals surface area contributed by atoms with Crippen LogP contribution in [0.2, 0.25) is 5.02 Å². The molecule has 0 radical (unpaired) electrons. The van der Waals surface area contributed by atoms with Gasteiger partial charge >= 0.3 is 0 Å². The smallest absolute Gasteiger partial charge is 0.123 e. The Labute approximate surface area is 97.4 Å². The number of hydrogen-bond acceptors (Lipinski definition) is 1. The Balaban J connectivity index is 2.54. The minimum absolute atomic E-state index is 0.312. The average Bonchev–Trinajstić information content (AvgIpc) is 2.09. The highest BCUT2D eigenvalue weighted by molar-refractivity contribution is 6.30. The summed E-state index contributed by atoms with van der Waals surface area (Å²) in [5.74, 6) is 0.895. The van der Waals surface area contributed by atoms with Gasteiger partial charge < -0.3 is 4.74 Å². The molecule has 0 spiro atoms. The van der Waals surface area contributed by atoms with Crippen molar-refractivity contribution < 1.29 is 4.74 Å². The summed E-state index contributed by atoms with van der Waals surface area (Å²) in [6.07, 6.45) is 1.04. The lowest BCUT2D eigenvalue weighted by atomic mass is 9.93. The van der Waals surface area contributed by atoms with E-state index in [1.165, 1.54) is 0 Å². The maximum Gasteiger partial charge on any atom is 0.123 e. The van der Waals surface area contributed by atoms with Crippen molar-refractivity contribution in [1.82, 2.24) is 0 Å². The van der Waals surface area contributed by atoms with E-state index >= 15 is 0 Å². The molecule has 1 nitrogen and oxygen atoms in total. The first-order chi connectivity index (χ1) is 6.88. The van der Waals surface area contributed by atoms with E-state index in [2.05, 4.69) is 20.8 Å². The molecule has 15 heavy (non-hydrogen) atoms. The number of ether oxygens (including phenoxy) is 1. The number of benzene rings is 1. The van der Waals surface area contributed by atoms with Crippen LogP contribution in [0.4, 0.5) is 0 Å². The van der Waals surface area contributed by atoms with Crippen molar-refractivity contribution >= 4 is 11.6 Å². The first kappa shape index (κ1) is 12.4. The predicted molar refractivity (Wildman–Crippen MR) is 65.8 cm³/mol. The van der Waals surface area contributed by atoms with Crippen molar-refractivity contribution in [1.29, 1.82) is 0 Å². The summed E-state index contributed by atoms with van der Waals surface area (Å²) in [4.78, 5) is 0. The third-order valence-corrected chi connectivity index (χ3v) is 2.49. The van der Waals surface area contributed by atoms with Crippen LogP contribution in [0.25, 0.3) is 0 Å². The van der Waals surface area contributed by atoms with Crippen LogP contribution in [0.3, 0.4) is 0 Å². The van der Waals surface area contributed by atoms with Gasteiger partial charge in [-0.1, -0.05) is 38.4 Å². The molecule has 0 bridgehead atoms. The van der Waals surface area contributed by atoms with E-state index in [9.17, 15) is 0 Å². The van der Waals surface area contributed by atoms with Gasteiger partial charge in [-0.2, -0.15) is 0 Å². The van der Waals surface area contributed by atoms with Crippen molar-refractivity contribution in [3.05, 3.63) is 28.8 Å². The molecule has 0 heterocycles. The lowest BCUT2D eigenvalue weighted by molar-refractivity contribution is 0.242. The fraction of sp³-hybridized carbons (Fsp3) is 0.538. The van der Waals surface area contributed by atoms with E-state index in [-0.39, 0.29) is 0 Å². The fourth-order valence-electron chi connectivity index (χ4n) is 1.20. The fourth-order valence-corrected chi connectivity index (χ4v) is 1.36. The van der Waals surface area contributed by atoms with E-state index in [4.69, 9.17) is 16.3 Å². The standard InChI is InChI=1S/C13H19ClO/c1-10-5-6-11(14)9-12(10)15-8-7-13(2,3)4/h5-6,9H,7-8H2,1-4H3. The summed E-state index contributed by atoms with van der Waals surface area (Å²) >= 11 is 5.91. The highest BCUT2D eigenvalue weighted by Crippen LogP contribution is 2.24. The summed E-state index contributed by atoms with van der Waals surface area (Å²) in [5.41, 5.74) is 1.44. The van der Waals surface area contributed by atoms with Crippen LogP contribution in [0, 0.1) is 12.3 Å². The summed E-state index contributed by atoms with van der Waals surface area (Å²) in [6, 6.07) is 5.74. The Morgan fingerprint density at radius 2 is 1.93 bits per heavy atom. The number of rotatable bonds is 3. The molecule has 0 atom stereocenters. The van der Waals surface area contributed by atoms with Crippen LogP contribution in [0.1, 0.15) is 32.8 Å². The lowest BCUT2D eigenvalue weighted by Crippen LogP contribution is -2.11. The molecule has 0 unspecified atom stereocenters. The highest BCUT2D eigenvalue weighted by atomic mass is 35.5. The first-order valence-electron chi connectivity index (χ1n) is 5.27. The topological polar surface area (TPSA) is 9.23 Å². The van der Waals surface area contributed by atoms with E-state index in [0.717, 1.165) is 29.4 Å². The van der Waals surface area contributed by atoms with Crippen LogP contribution >= 0.6 is 11.6 Å². The highest BCUT2D eigenvalue weighted by Gasteiger charge is 2.10. The van der Waals surface area contributed by atoms with E-state index < -0.39 is 0 Å². The second kappa shape index (κ2) is 4.89. The van der Waals surface area contributed by atoms with Gasteiger partial charge in [-0.25, -0.2) is 0 Å². The molecule has 0 aliphatic heterocycles. The Hall–Kier alpha value is -0.690. The van der Waals surface area contributed by atoms with Crippen molar-refractivity contribution in [3.63, 3.8) is 0 Å². The van der Waals surface area contributed by atoms with Gasteiger partial charge in [-0.15, -0.1) is 0 Å². The Bertz CT molecular complexity index is 326. The van der Waals surface area contributed by atoms with Gasteiger partial charge in [0.2, 0.25) is 0 Å². The Kier molecular flexibility index (Phi) is 4.04. The Morgan fingerprint density at radius 1 is 1.27 bits per heavy atom. The minimum Gasteiger partial charge on any atom is -0.493 e. The number of halogens is 1. The van der Waals surface area contributed by atoms with Crippen molar-refractivity contribution in [2.24, 2.45) is 5.41 Å². The molecule has 1 aromatic rings. The van der Waals surface area contributed by atoms with Crippen molar-refractivity contribution in [3.8, 4) is 5.75 Å². The Morgan fingerprint density at radius 3 is 2.53 bits per heavy atom. The summed E-state index contributed by atoms with van der Waals surface area (Å²) in [6.45, 7) is 9.40. The van der Waals surface area contributed by atoms with E-state index in [1.54, 1.807) is 0 Å². The molecule has 0 saturated heterocycles.